The van der Waals surface area contributed by atoms with Crippen LogP contribution in [-0.2, 0) is 11.3 Å². The highest BCUT2D eigenvalue weighted by Gasteiger charge is 2.30. The van der Waals surface area contributed by atoms with Crippen LogP contribution in [-0.4, -0.2) is 46.1 Å². The molecule has 156 valence electrons. The van der Waals surface area contributed by atoms with E-state index in [1.807, 2.05) is 13.0 Å². The first-order chi connectivity index (χ1) is 14.1. The first kappa shape index (κ1) is 21.0. The van der Waals surface area contributed by atoms with Gasteiger partial charge in [-0.05, 0) is 32.3 Å². The summed E-state index contributed by atoms with van der Waals surface area (Å²) in [5.74, 6) is -0.416. The lowest BCUT2D eigenvalue weighted by Gasteiger charge is -2.32. The summed E-state index contributed by atoms with van der Waals surface area (Å²) in [6.07, 6.45) is 4.45. The molecule has 0 spiro atoms. The van der Waals surface area contributed by atoms with Crippen molar-refractivity contribution in [3.05, 3.63) is 40.3 Å². The van der Waals surface area contributed by atoms with Crippen molar-refractivity contribution in [1.29, 1.82) is 0 Å². The fourth-order valence-electron chi connectivity index (χ4n) is 3.90. The number of likely N-dealkylation sites (tertiary alicyclic amines) is 1. The maximum atomic E-state index is 13.3. The van der Waals surface area contributed by atoms with Crippen LogP contribution in [0.15, 0.2) is 29.1 Å². The van der Waals surface area contributed by atoms with Gasteiger partial charge in [-0.1, -0.05) is 38.0 Å². The molecule has 1 atom stereocenters. The minimum atomic E-state index is -0.209. The van der Waals surface area contributed by atoms with Crippen molar-refractivity contribution in [1.82, 2.24) is 20.0 Å². The second kappa shape index (κ2) is 9.67. The van der Waals surface area contributed by atoms with Crippen LogP contribution in [0.5, 0.6) is 0 Å². The van der Waals surface area contributed by atoms with E-state index in [4.69, 9.17) is 0 Å². The molecule has 1 unspecified atom stereocenters. The number of nitrogens with one attached hydrogen (secondary N) is 1. The summed E-state index contributed by atoms with van der Waals surface area (Å²) in [6, 6.07) is 7.15. The van der Waals surface area contributed by atoms with E-state index in [1.54, 1.807) is 23.1 Å². The molecule has 29 heavy (non-hydrogen) atoms. The number of carbonyl (C=O) groups is 2. The van der Waals surface area contributed by atoms with E-state index in [-0.39, 0.29) is 23.3 Å². The van der Waals surface area contributed by atoms with Gasteiger partial charge in [0, 0.05) is 31.6 Å². The van der Waals surface area contributed by atoms with Crippen molar-refractivity contribution in [2.75, 3.05) is 19.6 Å². The molecule has 3 rings (SSSR count). The number of aryl methyl sites for hydroxylation is 1. The second-order valence-electron chi connectivity index (χ2n) is 7.61. The predicted octanol–water partition coefficient (Wildman–Crippen LogP) is 2.58. The van der Waals surface area contributed by atoms with Crippen molar-refractivity contribution >= 4 is 22.6 Å². The molecule has 1 fully saturated rings. The Bertz CT molecular complexity index is 937. The number of hydrogen-bond donors (Lipinski definition) is 1. The highest BCUT2D eigenvalue weighted by Crippen LogP contribution is 2.21. The Kier molecular flexibility index (Phi) is 7.01. The number of amides is 2. The molecule has 2 amide bonds. The van der Waals surface area contributed by atoms with Gasteiger partial charge in [-0.3, -0.25) is 14.4 Å². The van der Waals surface area contributed by atoms with Gasteiger partial charge in [0.15, 0.2) is 5.69 Å². The average Bonchev–Trinajstić information content (AvgIpc) is 2.75. The van der Waals surface area contributed by atoms with Crippen LogP contribution in [0.25, 0.3) is 10.8 Å². The van der Waals surface area contributed by atoms with Gasteiger partial charge in [0.1, 0.15) is 0 Å². The van der Waals surface area contributed by atoms with Gasteiger partial charge < -0.3 is 10.2 Å². The second-order valence-corrected chi connectivity index (χ2v) is 7.61. The summed E-state index contributed by atoms with van der Waals surface area (Å²) in [5, 5.41) is 8.41. The molecule has 1 aromatic carbocycles. The Morgan fingerprint density at radius 1 is 1.17 bits per heavy atom. The van der Waals surface area contributed by atoms with Crippen molar-refractivity contribution in [2.45, 2.75) is 52.5 Å². The highest BCUT2D eigenvalue weighted by atomic mass is 16.2. The molecule has 2 heterocycles. The van der Waals surface area contributed by atoms with Crippen LogP contribution in [0.3, 0.4) is 0 Å². The Morgan fingerprint density at radius 3 is 2.66 bits per heavy atom. The van der Waals surface area contributed by atoms with Crippen LogP contribution < -0.4 is 10.9 Å². The van der Waals surface area contributed by atoms with E-state index in [0.717, 1.165) is 32.1 Å². The highest BCUT2D eigenvalue weighted by molar-refractivity contribution is 6.05. The molecule has 0 aliphatic carbocycles. The quantitative estimate of drug-likeness (QED) is 0.727. The largest absolute Gasteiger partial charge is 0.356 e. The number of hydrogen-bond acceptors (Lipinski definition) is 4. The molecule has 0 bridgehead atoms. The number of nitrogens with zero attached hydrogens (tertiary/aromatic N) is 3. The topological polar surface area (TPSA) is 84.3 Å². The van der Waals surface area contributed by atoms with Crippen LogP contribution in [0, 0.1) is 5.92 Å². The summed E-state index contributed by atoms with van der Waals surface area (Å²) >= 11 is 0. The van der Waals surface area contributed by atoms with Crippen LogP contribution in [0.1, 0.15) is 56.4 Å². The molecule has 0 radical (unpaired) electrons. The van der Waals surface area contributed by atoms with Crippen molar-refractivity contribution in [2.24, 2.45) is 5.92 Å². The summed E-state index contributed by atoms with van der Waals surface area (Å²) in [5.41, 5.74) is 0.139. The Balaban J connectivity index is 1.93. The van der Waals surface area contributed by atoms with Gasteiger partial charge in [0.05, 0.1) is 11.3 Å². The minimum Gasteiger partial charge on any atom is -0.356 e. The third-order valence-corrected chi connectivity index (χ3v) is 5.47. The third kappa shape index (κ3) is 4.66. The Morgan fingerprint density at radius 2 is 1.93 bits per heavy atom. The van der Waals surface area contributed by atoms with Crippen molar-refractivity contribution in [3.63, 3.8) is 0 Å². The van der Waals surface area contributed by atoms with Crippen molar-refractivity contribution in [3.8, 4) is 0 Å². The molecular weight excluding hydrogens is 368 g/mol. The smallest absolute Gasteiger partial charge is 0.274 e. The van der Waals surface area contributed by atoms with Crippen LogP contribution in [0.2, 0.25) is 0 Å². The van der Waals surface area contributed by atoms with E-state index < -0.39 is 0 Å². The lowest BCUT2D eigenvalue weighted by molar-refractivity contribution is -0.126. The Hall–Kier alpha value is -2.70. The molecule has 7 nitrogen and oxygen atoms in total. The molecule has 1 aliphatic heterocycles. The molecular formula is C22H30N4O3. The number of carbonyl (C=O) groups excluding carboxylic acids is 2. The molecule has 1 saturated heterocycles. The van der Waals surface area contributed by atoms with Gasteiger partial charge in [0.2, 0.25) is 5.91 Å². The van der Waals surface area contributed by atoms with Crippen molar-refractivity contribution < 1.29 is 9.59 Å². The molecule has 2 aromatic rings. The zero-order valence-electron chi connectivity index (χ0n) is 17.3. The van der Waals surface area contributed by atoms with Crippen LogP contribution >= 0.6 is 0 Å². The molecule has 7 heteroatoms. The maximum absolute atomic E-state index is 13.3. The van der Waals surface area contributed by atoms with Gasteiger partial charge >= 0.3 is 0 Å². The van der Waals surface area contributed by atoms with E-state index >= 15 is 0 Å². The molecule has 1 aromatic heterocycles. The third-order valence-electron chi connectivity index (χ3n) is 5.47. The number of benzene rings is 1. The molecule has 1 aliphatic rings. The van der Waals surface area contributed by atoms with Gasteiger partial charge in [-0.2, -0.15) is 5.10 Å². The standard InChI is InChI=1S/C22H30N4O3/c1-3-5-8-14-26-21(28)18-12-7-6-11-17(18)19(24-26)22(29)25-13-9-10-16(15-25)20(27)23-4-2/h6-7,11-12,16H,3-5,8-10,13-15H2,1-2H3,(H,23,27). The Labute approximate surface area is 171 Å². The van der Waals surface area contributed by atoms with Gasteiger partial charge in [0.25, 0.3) is 11.5 Å². The number of rotatable bonds is 7. The zero-order chi connectivity index (χ0) is 20.8. The lowest BCUT2D eigenvalue weighted by Crippen LogP contribution is -2.46. The van der Waals surface area contributed by atoms with E-state index in [9.17, 15) is 14.4 Å². The maximum Gasteiger partial charge on any atom is 0.274 e. The average molecular weight is 399 g/mol. The predicted molar refractivity (Wildman–Crippen MR) is 113 cm³/mol. The number of unbranched alkanes of at least 4 members (excludes halogenated alkanes) is 2. The SMILES string of the molecule is CCCCCn1nc(C(=O)N2CCCC(C(=O)NCC)C2)c2ccccc2c1=O. The molecule has 0 saturated carbocycles. The fraction of sp³-hybridized carbons (Fsp3) is 0.545. The molecule has 1 N–H and O–H groups in total. The zero-order valence-corrected chi connectivity index (χ0v) is 17.3. The monoisotopic (exact) mass is 398 g/mol. The minimum absolute atomic E-state index is 0.00708. The van der Waals surface area contributed by atoms with E-state index in [1.165, 1.54) is 4.68 Å². The van der Waals surface area contributed by atoms with Gasteiger partial charge in [-0.25, -0.2) is 4.68 Å². The first-order valence-corrected chi connectivity index (χ1v) is 10.6. The van der Waals surface area contributed by atoms with Gasteiger partial charge in [-0.15, -0.1) is 0 Å². The summed E-state index contributed by atoms with van der Waals surface area (Å²) < 4.78 is 1.43. The van der Waals surface area contributed by atoms with Crippen LogP contribution in [0.4, 0.5) is 0 Å². The fourth-order valence-corrected chi connectivity index (χ4v) is 3.90. The number of aromatic nitrogens is 2. The summed E-state index contributed by atoms with van der Waals surface area (Å²) in [4.78, 5) is 40.1. The van der Waals surface area contributed by atoms with E-state index in [0.29, 0.717) is 42.6 Å². The summed E-state index contributed by atoms with van der Waals surface area (Å²) in [6.45, 7) is 6.06. The normalized spacial score (nSPS) is 16.8. The number of piperidine rings is 1. The lowest BCUT2D eigenvalue weighted by atomic mass is 9.96. The number of fused-ring (bicyclic) bond motifs is 1. The first-order valence-electron chi connectivity index (χ1n) is 10.6. The van der Waals surface area contributed by atoms with E-state index in [2.05, 4.69) is 17.3 Å². The summed E-state index contributed by atoms with van der Waals surface area (Å²) in [7, 11) is 0.